The van der Waals surface area contributed by atoms with E-state index in [1.807, 2.05) is 12.1 Å². The van der Waals surface area contributed by atoms with Gasteiger partial charge in [0.15, 0.2) is 5.82 Å². The Balaban J connectivity index is 1.97. The van der Waals surface area contributed by atoms with Gasteiger partial charge in [-0.1, -0.05) is 28.1 Å². The summed E-state index contributed by atoms with van der Waals surface area (Å²) in [6.45, 7) is 0. The van der Waals surface area contributed by atoms with Gasteiger partial charge in [0.25, 0.3) is 0 Å². The molecule has 1 saturated carbocycles. The zero-order valence-corrected chi connectivity index (χ0v) is 10.7. The summed E-state index contributed by atoms with van der Waals surface area (Å²) in [6, 6.07) is 8.09. The lowest BCUT2D eigenvalue weighted by atomic mass is 9.89. The molecule has 1 aliphatic carbocycles. The second kappa shape index (κ2) is 3.92. The molecule has 0 bridgehead atoms. The number of hydrogen-bond donors (Lipinski definition) is 2. The molecule has 2 aromatic rings. The molecule has 4 nitrogen and oxygen atoms in total. The Bertz CT molecular complexity index is 522. The van der Waals surface area contributed by atoms with E-state index in [1.54, 1.807) is 0 Å². The van der Waals surface area contributed by atoms with Crippen molar-refractivity contribution in [3.63, 3.8) is 0 Å². The topological polar surface area (TPSA) is 61.8 Å². The van der Waals surface area contributed by atoms with Crippen molar-refractivity contribution in [2.24, 2.45) is 0 Å². The number of aliphatic hydroxyl groups excluding tert-OH is 1. The van der Waals surface area contributed by atoms with E-state index in [4.69, 9.17) is 0 Å². The van der Waals surface area contributed by atoms with E-state index >= 15 is 0 Å². The van der Waals surface area contributed by atoms with Crippen molar-refractivity contribution in [2.45, 2.75) is 24.4 Å². The highest BCUT2D eigenvalue weighted by atomic mass is 79.9. The van der Waals surface area contributed by atoms with Crippen molar-refractivity contribution in [2.75, 3.05) is 0 Å². The van der Waals surface area contributed by atoms with E-state index in [1.165, 1.54) is 6.33 Å². The van der Waals surface area contributed by atoms with Crippen LogP contribution in [0, 0.1) is 0 Å². The minimum absolute atomic E-state index is 0.191. The number of benzene rings is 1. The lowest BCUT2D eigenvalue weighted by Gasteiger charge is -2.20. The molecule has 0 saturated heterocycles. The zero-order chi connectivity index (χ0) is 11.9. The van der Waals surface area contributed by atoms with Crippen molar-refractivity contribution in [3.8, 4) is 0 Å². The number of rotatable bonds is 3. The average Bonchev–Trinajstić information content (AvgIpc) is 2.96. The predicted molar refractivity (Wildman–Crippen MR) is 66.4 cm³/mol. The van der Waals surface area contributed by atoms with E-state index in [0.717, 1.165) is 22.9 Å². The molecule has 1 aliphatic rings. The van der Waals surface area contributed by atoms with Crippen molar-refractivity contribution >= 4 is 15.9 Å². The fourth-order valence-electron chi connectivity index (χ4n) is 2.26. The van der Waals surface area contributed by atoms with E-state index in [0.29, 0.717) is 5.82 Å². The van der Waals surface area contributed by atoms with Crippen LogP contribution in [0.3, 0.4) is 0 Å². The molecule has 0 radical (unpaired) electrons. The van der Waals surface area contributed by atoms with Crippen molar-refractivity contribution < 1.29 is 5.11 Å². The van der Waals surface area contributed by atoms with Gasteiger partial charge in [0.2, 0.25) is 0 Å². The van der Waals surface area contributed by atoms with E-state index < -0.39 is 6.10 Å². The standard InChI is InChI=1S/C12H12BrN3O/c13-9-3-1-2-8(6-9)12(4-5-12)10(17)11-14-7-15-16-11/h1-3,6-7,10,17H,4-5H2,(H,14,15,16). The number of aliphatic hydroxyl groups is 1. The third-order valence-electron chi connectivity index (χ3n) is 3.40. The summed E-state index contributed by atoms with van der Waals surface area (Å²) in [5, 5.41) is 16.9. The Morgan fingerprint density at radius 1 is 1.41 bits per heavy atom. The quantitative estimate of drug-likeness (QED) is 0.913. The van der Waals surface area contributed by atoms with Crippen LogP contribution in [0.4, 0.5) is 0 Å². The normalized spacial score (nSPS) is 18.9. The van der Waals surface area contributed by atoms with Crippen LogP contribution in [0.2, 0.25) is 0 Å². The smallest absolute Gasteiger partial charge is 0.154 e. The molecular formula is C12H12BrN3O. The molecule has 17 heavy (non-hydrogen) atoms. The molecule has 2 N–H and O–H groups in total. The maximum atomic E-state index is 10.4. The van der Waals surface area contributed by atoms with E-state index in [-0.39, 0.29) is 5.41 Å². The van der Waals surface area contributed by atoms with Crippen LogP contribution in [-0.2, 0) is 5.41 Å². The zero-order valence-electron chi connectivity index (χ0n) is 9.10. The number of H-pyrrole nitrogens is 1. The van der Waals surface area contributed by atoms with Gasteiger partial charge >= 0.3 is 0 Å². The monoisotopic (exact) mass is 293 g/mol. The van der Waals surface area contributed by atoms with Crippen LogP contribution in [0.15, 0.2) is 35.1 Å². The number of aromatic nitrogens is 3. The summed E-state index contributed by atoms with van der Waals surface area (Å²) < 4.78 is 1.03. The summed E-state index contributed by atoms with van der Waals surface area (Å²) in [5.41, 5.74) is 0.958. The summed E-state index contributed by atoms with van der Waals surface area (Å²) in [6.07, 6.45) is 2.77. The Morgan fingerprint density at radius 3 is 2.82 bits per heavy atom. The first-order valence-corrected chi connectivity index (χ1v) is 6.31. The molecule has 1 heterocycles. The largest absolute Gasteiger partial charge is 0.384 e. The van der Waals surface area contributed by atoms with Crippen LogP contribution in [0.25, 0.3) is 0 Å². The second-order valence-corrected chi connectivity index (χ2v) is 5.36. The number of aromatic amines is 1. The van der Waals surface area contributed by atoms with Crippen molar-refractivity contribution in [3.05, 3.63) is 46.5 Å². The Labute approximate surface area is 107 Å². The van der Waals surface area contributed by atoms with E-state index in [2.05, 4.69) is 43.2 Å². The highest BCUT2D eigenvalue weighted by Gasteiger charge is 2.52. The van der Waals surface area contributed by atoms with E-state index in [9.17, 15) is 5.11 Å². The first-order chi connectivity index (χ1) is 8.22. The predicted octanol–water partition coefficient (Wildman–Crippen LogP) is 2.33. The first kappa shape index (κ1) is 10.9. The lowest BCUT2D eigenvalue weighted by Crippen LogP contribution is -2.19. The number of nitrogens with zero attached hydrogens (tertiary/aromatic N) is 2. The van der Waals surface area contributed by atoms with Gasteiger partial charge < -0.3 is 5.11 Å². The maximum absolute atomic E-state index is 10.4. The highest BCUT2D eigenvalue weighted by Crippen LogP contribution is 2.56. The summed E-state index contributed by atoms with van der Waals surface area (Å²) >= 11 is 3.46. The van der Waals surface area contributed by atoms with Crippen molar-refractivity contribution in [1.82, 2.24) is 15.2 Å². The van der Waals surface area contributed by atoms with Gasteiger partial charge in [-0.2, -0.15) is 5.10 Å². The van der Waals surface area contributed by atoms with Crippen LogP contribution in [0.5, 0.6) is 0 Å². The van der Waals surface area contributed by atoms with Crippen LogP contribution in [0.1, 0.15) is 30.3 Å². The molecule has 0 spiro atoms. The summed E-state index contributed by atoms with van der Waals surface area (Å²) in [4.78, 5) is 4.04. The number of halogens is 1. The molecule has 1 unspecified atom stereocenters. The van der Waals surface area contributed by atoms with Gasteiger partial charge in [-0.05, 0) is 30.5 Å². The number of hydrogen-bond acceptors (Lipinski definition) is 3. The first-order valence-electron chi connectivity index (χ1n) is 5.52. The highest BCUT2D eigenvalue weighted by molar-refractivity contribution is 9.10. The van der Waals surface area contributed by atoms with Gasteiger partial charge in [0.05, 0.1) is 0 Å². The Kier molecular flexibility index (Phi) is 2.52. The lowest BCUT2D eigenvalue weighted by molar-refractivity contribution is 0.124. The fourth-order valence-corrected chi connectivity index (χ4v) is 2.66. The Morgan fingerprint density at radius 2 is 2.24 bits per heavy atom. The molecule has 1 fully saturated rings. The molecule has 3 rings (SSSR count). The molecule has 1 aromatic heterocycles. The molecule has 1 atom stereocenters. The van der Waals surface area contributed by atoms with Crippen LogP contribution in [-0.4, -0.2) is 20.3 Å². The third-order valence-corrected chi connectivity index (χ3v) is 3.90. The SMILES string of the molecule is OC(c1ncn[nH]1)C1(c2cccc(Br)c2)CC1. The fraction of sp³-hybridized carbons (Fsp3) is 0.333. The molecule has 1 aromatic carbocycles. The van der Waals surface area contributed by atoms with Gasteiger partial charge in [-0.15, -0.1) is 0 Å². The summed E-state index contributed by atoms with van der Waals surface area (Å²) in [7, 11) is 0. The molecular weight excluding hydrogens is 282 g/mol. The minimum atomic E-state index is -0.612. The molecule has 88 valence electrons. The third kappa shape index (κ3) is 1.79. The van der Waals surface area contributed by atoms with Gasteiger partial charge in [-0.25, -0.2) is 4.98 Å². The summed E-state index contributed by atoms with van der Waals surface area (Å²) in [5.74, 6) is 0.544. The van der Waals surface area contributed by atoms with Gasteiger partial charge in [-0.3, -0.25) is 5.10 Å². The molecule has 0 aliphatic heterocycles. The maximum Gasteiger partial charge on any atom is 0.154 e. The molecule has 0 amide bonds. The Hall–Kier alpha value is -1.20. The van der Waals surface area contributed by atoms with Gasteiger partial charge in [0, 0.05) is 9.89 Å². The van der Waals surface area contributed by atoms with Crippen LogP contribution >= 0.6 is 15.9 Å². The number of nitrogens with one attached hydrogen (secondary N) is 1. The van der Waals surface area contributed by atoms with Crippen molar-refractivity contribution in [1.29, 1.82) is 0 Å². The minimum Gasteiger partial charge on any atom is -0.384 e. The average molecular weight is 294 g/mol. The van der Waals surface area contributed by atoms with Gasteiger partial charge in [0.1, 0.15) is 12.4 Å². The molecule has 5 heteroatoms. The van der Waals surface area contributed by atoms with Crippen LogP contribution < -0.4 is 0 Å². The second-order valence-electron chi connectivity index (χ2n) is 4.44.